The maximum Gasteiger partial charge on any atom is 0.208 e. The summed E-state index contributed by atoms with van der Waals surface area (Å²) in [7, 11) is -3.13. The number of hydrogen-bond acceptors (Lipinski definition) is 5. The van der Waals surface area contributed by atoms with Crippen molar-refractivity contribution in [2.45, 2.75) is 69.5 Å². The van der Waals surface area contributed by atoms with Gasteiger partial charge in [0.15, 0.2) is 11.0 Å². The maximum absolute atomic E-state index is 11.2. The van der Waals surface area contributed by atoms with E-state index in [1.54, 1.807) is 11.8 Å². The number of hydrogen-bond donors (Lipinski definition) is 1. The van der Waals surface area contributed by atoms with Gasteiger partial charge in [0.2, 0.25) is 10.0 Å². The van der Waals surface area contributed by atoms with Crippen LogP contribution >= 0.6 is 11.8 Å². The van der Waals surface area contributed by atoms with Gasteiger partial charge in [0.25, 0.3) is 0 Å². The Morgan fingerprint density at radius 3 is 2.38 bits per heavy atom. The second kappa shape index (κ2) is 9.18. The van der Waals surface area contributed by atoms with Gasteiger partial charge < -0.3 is 0 Å². The lowest BCUT2D eigenvalue weighted by Crippen LogP contribution is -2.23. The zero-order valence-electron chi connectivity index (χ0n) is 17.8. The average molecular weight is 437 g/mol. The Balaban J connectivity index is 1.77. The third-order valence-electron chi connectivity index (χ3n) is 5.28. The Kier molecular flexibility index (Phi) is 7.06. The van der Waals surface area contributed by atoms with Crippen molar-refractivity contribution in [1.29, 1.82) is 0 Å². The van der Waals surface area contributed by atoms with Gasteiger partial charge in [-0.25, -0.2) is 13.1 Å². The second-order valence-corrected chi connectivity index (χ2v) is 11.7. The van der Waals surface area contributed by atoms with Crippen molar-refractivity contribution in [2.75, 3.05) is 18.6 Å². The van der Waals surface area contributed by atoms with Crippen LogP contribution in [0.3, 0.4) is 0 Å². The molecule has 0 spiro atoms. The Morgan fingerprint density at radius 1 is 1.14 bits per heavy atom. The highest BCUT2D eigenvalue weighted by molar-refractivity contribution is 7.99. The molecule has 1 aliphatic rings. The molecular weight excluding hydrogens is 404 g/mol. The standard InChI is InChI=1S/C21H32N4O2S2/c1-21(2,3)17-12-10-16(11-13-17)19-23-24-20(25(19)18-8-5-6-9-18)28-15-7-14-22-29(4,26)27/h10-13,18,22H,5-9,14-15H2,1-4H3. The van der Waals surface area contributed by atoms with Crippen molar-refractivity contribution in [3.63, 3.8) is 0 Å². The monoisotopic (exact) mass is 436 g/mol. The number of nitrogens with zero attached hydrogens (tertiary/aromatic N) is 3. The van der Waals surface area contributed by atoms with E-state index in [0.717, 1.165) is 41.6 Å². The molecule has 1 aromatic heterocycles. The van der Waals surface area contributed by atoms with E-state index in [1.807, 2.05) is 0 Å². The van der Waals surface area contributed by atoms with E-state index in [2.05, 4.69) is 64.5 Å². The minimum Gasteiger partial charge on any atom is -0.299 e. The minimum atomic E-state index is -3.13. The van der Waals surface area contributed by atoms with Gasteiger partial charge in [-0.2, -0.15) is 0 Å². The summed E-state index contributed by atoms with van der Waals surface area (Å²) in [5, 5.41) is 9.97. The molecule has 0 amide bonds. The van der Waals surface area contributed by atoms with Crippen molar-refractivity contribution in [2.24, 2.45) is 0 Å². The molecule has 1 saturated carbocycles. The van der Waals surface area contributed by atoms with E-state index in [-0.39, 0.29) is 5.41 Å². The molecule has 160 valence electrons. The van der Waals surface area contributed by atoms with Crippen LogP contribution in [0.15, 0.2) is 29.4 Å². The first kappa shape index (κ1) is 22.3. The third-order valence-corrected chi connectivity index (χ3v) is 7.04. The highest BCUT2D eigenvalue weighted by atomic mass is 32.2. The lowest BCUT2D eigenvalue weighted by Gasteiger charge is -2.20. The molecule has 3 rings (SSSR count). The summed E-state index contributed by atoms with van der Waals surface area (Å²) in [6, 6.07) is 9.12. The maximum atomic E-state index is 11.2. The molecule has 0 bridgehead atoms. The minimum absolute atomic E-state index is 0.124. The van der Waals surface area contributed by atoms with Crippen LogP contribution in [-0.2, 0) is 15.4 Å². The lowest BCUT2D eigenvalue weighted by atomic mass is 9.86. The van der Waals surface area contributed by atoms with Gasteiger partial charge in [-0.1, -0.05) is 69.6 Å². The summed E-state index contributed by atoms with van der Waals surface area (Å²) in [5.74, 6) is 1.74. The topological polar surface area (TPSA) is 76.9 Å². The summed E-state index contributed by atoms with van der Waals surface area (Å²) in [5.41, 5.74) is 2.53. The molecule has 0 atom stereocenters. The van der Waals surface area contributed by atoms with Crippen molar-refractivity contribution in [3.05, 3.63) is 29.8 Å². The van der Waals surface area contributed by atoms with E-state index in [1.165, 1.54) is 24.7 Å². The molecule has 1 aliphatic carbocycles. The fraction of sp³-hybridized carbons (Fsp3) is 0.619. The summed E-state index contributed by atoms with van der Waals surface area (Å²) in [4.78, 5) is 0. The Labute approximate surface area is 178 Å². The highest BCUT2D eigenvalue weighted by Gasteiger charge is 2.25. The van der Waals surface area contributed by atoms with Crippen LogP contribution in [0.5, 0.6) is 0 Å². The molecule has 6 nitrogen and oxygen atoms in total. The molecule has 0 saturated heterocycles. The Morgan fingerprint density at radius 2 is 1.79 bits per heavy atom. The van der Waals surface area contributed by atoms with Gasteiger partial charge in [-0.15, -0.1) is 10.2 Å². The summed E-state index contributed by atoms with van der Waals surface area (Å²) >= 11 is 1.66. The van der Waals surface area contributed by atoms with Crippen LogP contribution < -0.4 is 4.72 Å². The molecule has 0 unspecified atom stereocenters. The first-order valence-corrected chi connectivity index (χ1v) is 13.2. The first-order chi connectivity index (χ1) is 13.6. The van der Waals surface area contributed by atoms with Crippen molar-refractivity contribution in [1.82, 2.24) is 19.5 Å². The van der Waals surface area contributed by atoms with E-state index < -0.39 is 10.0 Å². The Hall–Kier alpha value is -1.38. The zero-order chi connectivity index (χ0) is 21.1. The van der Waals surface area contributed by atoms with E-state index in [0.29, 0.717) is 12.6 Å². The third kappa shape index (κ3) is 6.06. The predicted molar refractivity (Wildman–Crippen MR) is 120 cm³/mol. The van der Waals surface area contributed by atoms with Gasteiger partial charge in [-0.3, -0.25) is 4.57 Å². The SMILES string of the molecule is CC(C)(C)c1ccc(-c2nnc(SCCCNS(C)(=O)=O)n2C2CCCC2)cc1. The summed E-state index contributed by atoms with van der Waals surface area (Å²) < 4.78 is 27.2. The molecule has 1 aromatic carbocycles. The molecular formula is C21H32N4O2S2. The summed E-state index contributed by atoms with van der Waals surface area (Å²) in [6.45, 7) is 7.10. The summed E-state index contributed by atoms with van der Waals surface area (Å²) in [6.07, 6.45) is 6.75. The zero-order valence-corrected chi connectivity index (χ0v) is 19.4. The number of nitrogens with one attached hydrogen (secondary N) is 1. The molecule has 1 fully saturated rings. The van der Waals surface area contributed by atoms with E-state index in [9.17, 15) is 8.42 Å². The van der Waals surface area contributed by atoms with Crippen LogP contribution in [0.4, 0.5) is 0 Å². The number of rotatable bonds is 8. The van der Waals surface area contributed by atoms with Gasteiger partial charge >= 0.3 is 0 Å². The average Bonchev–Trinajstić information content (AvgIpc) is 3.29. The molecule has 0 radical (unpaired) electrons. The van der Waals surface area contributed by atoms with Crippen LogP contribution in [0.1, 0.15) is 64.5 Å². The van der Waals surface area contributed by atoms with E-state index in [4.69, 9.17) is 0 Å². The van der Waals surface area contributed by atoms with Crippen molar-refractivity contribution in [3.8, 4) is 11.4 Å². The van der Waals surface area contributed by atoms with Crippen LogP contribution in [0.25, 0.3) is 11.4 Å². The molecule has 2 aromatic rings. The molecule has 8 heteroatoms. The Bertz CT molecular complexity index is 909. The smallest absolute Gasteiger partial charge is 0.208 e. The highest BCUT2D eigenvalue weighted by Crippen LogP contribution is 2.37. The number of thioether (sulfide) groups is 1. The quantitative estimate of drug-likeness (QED) is 0.491. The number of benzene rings is 1. The first-order valence-electron chi connectivity index (χ1n) is 10.3. The van der Waals surface area contributed by atoms with Crippen molar-refractivity contribution >= 4 is 21.8 Å². The number of aromatic nitrogens is 3. The molecule has 1 N–H and O–H groups in total. The molecule has 29 heavy (non-hydrogen) atoms. The van der Waals surface area contributed by atoms with E-state index >= 15 is 0 Å². The molecule has 0 aliphatic heterocycles. The second-order valence-electron chi connectivity index (χ2n) is 8.81. The lowest BCUT2D eigenvalue weighted by molar-refractivity contribution is 0.485. The predicted octanol–water partition coefficient (Wildman–Crippen LogP) is 4.39. The van der Waals surface area contributed by atoms with Crippen LogP contribution in [-0.4, -0.2) is 41.7 Å². The fourth-order valence-electron chi connectivity index (χ4n) is 3.68. The van der Waals surface area contributed by atoms with Crippen molar-refractivity contribution < 1.29 is 8.42 Å². The van der Waals surface area contributed by atoms with Gasteiger partial charge in [0, 0.05) is 23.9 Å². The largest absolute Gasteiger partial charge is 0.299 e. The van der Waals surface area contributed by atoms with Crippen LogP contribution in [0, 0.1) is 0 Å². The van der Waals surface area contributed by atoms with Crippen LogP contribution in [0.2, 0.25) is 0 Å². The number of sulfonamides is 1. The fourth-order valence-corrected chi connectivity index (χ4v) is 5.14. The van der Waals surface area contributed by atoms with Gasteiger partial charge in [0.1, 0.15) is 0 Å². The van der Waals surface area contributed by atoms with Gasteiger partial charge in [0.05, 0.1) is 6.26 Å². The van der Waals surface area contributed by atoms with Gasteiger partial charge in [-0.05, 0) is 30.2 Å². The normalized spacial score (nSPS) is 15.9. The molecule has 1 heterocycles.